The van der Waals surface area contributed by atoms with Crippen molar-refractivity contribution in [3.05, 3.63) is 0 Å². The van der Waals surface area contributed by atoms with E-state index in [1.54, 1.807) is 0 Å². The molecule has 13 heavy (non-hydrogen) atoms. The average molecular weight is 188 g/mol. The number of ether oxygens (including phenoxy) is 1. The van der Waals surface area contributed by atoms with E-state index in [-0.39, 0.29) is 12.5 Å². The van der Waals surface area contributed by atoms with Gasteiger partial charge in [-0.05, 0) is 6.92 Å². The smallest absolute Gasteiger partial charge is 0.246 e. The maximum atomic E-state index is 11.0. The Morgan fingerprint density at radius 3 is 2.62 bits per heavy atom. The second kappa shape index (κ2) is 8.01. The first-order valence-corrected chi connectivity index (χ1v) is 4.74. The molecule has 0 saturated heterocycles. The topological polar surface area (TPSA) is 50.4 Å². The van der Waals surface area contributed by atoms with Crippen LogP contribution in [-0.4, -0.2) is 38.3 Å². The normalized spacial score (nSPS) is 10.5. The molecule has 0 aliphatic carbocycles. The lowest BCUT2D eigenvalue weighted by atomic mass is 10.4. The fourth-order valence-corrected chi connectivity index (χ4v) is 0.809. The van der Waals surface area contributed by atoms with Crippen LogP contribution < -0.4 is 10.6 Å². The van der Waals surface area contributed by atoms with Gasteiger partial charge in [-0.3, -0.25) is 4.79 Å². The SMILES string of the molecule is CCOCC(=O)NCCNC(C)C. The molecule has 0 unspecified atom stereocenters. The molecule has 4 nitrogen and oxygen atoms in total. The minimum atomic E-state index is -0.0487. The summed E-state index contributed by atoms with van der Waals surface area (Å²) in [5.74, 6) is -0.0487. The molecule has 0 aromatic heterocycles. The Morgan fingerprint density at radius 1 is 1.38 bits per heavy atom. The van der Waals surface area contributed by atoms with Crippen molar-refractivity contribution in [1.82, 2.24) is 10.6 Å². The summed E-state index contributed by atoms with van der Waals surface area (Å²) in [5, 5.41) is 5.95. The Kier molecular flexibility index (Phi) is 7.63. The van der Waals surface area contributed by atoms with Crippen LogP contribution in [-0.2, 0) is 9.53 Å². The van der Waals surface area contributed by atoms with E-state index >= 15 is 0 Å². The molecule has 0 fully saturated rings. The monoisotopic (exact) mass is 188 g/mol. The number of hydrogen-bond donors (Lipinski definition) is 2. The van der Waals surface area contributed by atoms with Crippen LogP contribution in [0.15, 0.2) is 0 Å². The lowest BCUT2D eigenvalue weighted by Crippen LogP contribution is -2.36. The number of amides is 1. The average Bonchev–Trinajstić information content (AvgIpc) is 2.08. The van der Waals surface area contributed by atoms with Crippen molar-refractivity contribution in [2.24, 2.45) is 0 Å². The van der Waals surface area contributed by atoms with Gasteiger partial charge in [0.1, 0.15) is 6.61 Å². The molecular formula is C9H20N2O2. The van der Waals surface area contributed by atoms with Crippen LogP contribution in [0.25, 0.3) is 0 Å². The fourth-order valence-electron chi connectivity index (χ4n) is 0.809. The molecule has 0 saturated carbocycles. The molecule has 1 amide bonds. The van der Waals surface area contributed by atoms with E-state index in [0.717, 1.165) is 6.54 Å². The summed E-state index contributed by atoms with van der Waals surface area (Å²) >= 11 is 0. The predicted octanol–water partition coefficient (Wildman–Crippen LogP) is 0.137. The largest absolute Gasteiger partial charge is 0.372 e. The van der Waals surface area contributed by atoms with Gasteiger partial charge < -0.3 is 15.4 Å². The summed E-state index contributed by atoms with van der Waals surface area (Å²) in [6.07, 6.45) is 0. The summed E-state index contributed by atoms with van der Waals surface area (Å²) in [5.41, 5.74) is 0. The van der Waals surface area contributed by atoms with Gasteiger partial charge >= 0.3 is 0 Å². The zero-order chi connectivity index (χ0) is 10.1. The van der Waals surface area contributed by atoms with Gasteiger partial charge in [-0.15, -0.1) is 0 Å². The second-order valence-electron chi connectivity index (χ2n) is 3.10. The summed E-state index contributed by atoms with van der Waals surface area (Å²) in [6, 6.07) is 0.462. The van der Waals surface area contributed by atoms with Gasteiger partial charge in [-0.25, -0.2) is 0 Å². The van der Waals surface area contributed by atoms with Crippen LogP contribution in [0.5, 0.6) is 0 Å². The highest BCUT2D eigenvalue weighted by atomic mass is 16.5. The highest BCUT2D eigenvalue weighted by molar-refractivity contribution is 5.77. The van der Waals surface area contributed by atoms with Gasteiger partial charge in [0.25, 0.3) is 0 Å². The third-order valence-corrected chi connectivity index (χ3v) is 1.44. The first kappa shape index (κ1) is 12.4. The molecule has 78 valence electrons. The predicted molar refractivity (Wildman–Crippen MR) is 52.6 cm³/mol. The second-order valence-corrected chi connectivity index (χ2v) is 3.10. The Morgan fingerprint density at radius 2 is 2.08 bits per heavy atom. The molecule has 0 radical (unpaired) electrons. The van der Waals surface area contributed by atoms with Crippen molar-refractivity contribution < 1.29 is 9.53 Å². The molecule has 0 aromatic carbocycles. The van der Waals surface area contributed by atoms with E-state index in [1.807, 2.05) is 6.92 Å². The van der Waals surface area contributed by atoms with Crippen LogP contribution >= 0.6 is 0 Å². The number of rotatable bonds is 7. The van der Waals surface area contributed by atoms with E-state index in [2.05, 4.69) is 24.5 Å². The molecule has 0 bridgehead atoms. The molecule has 0 spiro atoms. The van der Waals surface area contributed by atoms with Gasteiger partial charge in [0.2, 0.25) is 5.91 Å². The van der Waals surface area contributed by atoms with Crippen molar-refractivity contribution in [2.75, 3.05) is 26.3 Å². The summed E-state index contributed by atoms with van der Waals surface area (Å²) in [7, 11) is 0. The first-order chi connectivity index (χ1) is 6.16. The molecule has 0 atom stereocenters. The van der Waals surface area contributed by atoms with E-state index in [9.17, 15) is 4.79 Å². The zero-order valence-electron chi connectivity index (χ0n) is 8.72. The van der Waals surface area contributed by atoms with Gasteiger partial charge in [-0.1, -0.05) is 13.8 Å². The summed E-state index contributed by atoms with van der Waals surface area (Å²) in [4.78, 5) is 11.0. The molecule has 0 rings (SSSR count). The number of carbonyl (C=O) groups is 1. The Hall–Kier alpha value is -0.610. The van der Waals surface area contributed by atoms with Crippen molar-refractivity contribution in [3.8, 4) is 0 Å². The summed E-state index contributed by atoms with van der Waals surface area (Å²) in [6.45, 7) is 8.22. The van der Waals surface area contributed by atoms with Crippen molar-refractivity contribution >= 4 is 5.91 Å². The lowest BCUT2D eigenvalue weighted by Gasteiger charge is -2.08. The van der Waals surface area contributed by atoms with Crippen molar-refractivity contribution in [2.45, 2.75) is 26.8 Å². The van der Waals surface area contributed by atoms with Crippen molar-refractivity contribution in [3.63, 3.8) is 0 Å². The maximum absolute atomic E-state index is 11.0. The van der Waals surface area contributed by atoms with E-state index < -0.39 is 0 Å². The minimum Gasteiger partial charge on any atom is -0.372 e. The van der Waals surface area contributed by atoms with Crippen LogP contribution in [0, 0.1) is 0 Å². The number of nitrogens with one attached hydrogen (secondary N) is 2. The molecular weight excluding hydrogens is 168 g/mol. The standard InChI is InChI=1S/C9H20N2O2/c1-4-13-7-9(12)11-6-5-10-8(2)3/h8,10H,4-7H2,1-3H3,(H,11,12). The van der Waals surface area contributed by atoms with Gasteiger partial charge in [0.15, 0.2) is 0 Å². The van der Waals surface area contributed by atoms with E-state index in [4.69, 9.17) is 4.74 Å². The molecule has 2 N–H and O–H groups in total. The highest BCUT2D eigenvalue weighted by Gasteiger charge is 1.98. The molecule has 4 heteroatoms. The Balaban J connectivity index is 3.17. The Bertz CT molecular complexity index is 138. The van der Waals surface area contributed by atoms with Crippen LogP contribution in [0.3, 0.4) is 0 Å². The number of hydrogen-bond acceptors (Lipinski definition) is 3. The minimum absolute atomic E-state index is 0.0487. The third-order valence-electron chi connectivity index (χ3n) is 1.44. The first-order valence-electron chi connectivity index (χ1n) is 4.74. The van der Waals surface area contributed by atoms with Crippen LogP contribution in [0.2, 0.25) is 0 Å². The van der Waals surface area contributed by atoms with E-state index in [0.29, 0.717) is 19.2 Å². The van der Waals surface area contributed by atoms with Gasteiger partial charge in [-0.2, -0.15) is 0 Å². The van der Waals surface area contributed by atoms with Crippen molar-refractivity contribution in [1.29, 1.82) is 0 Å². The zero-order valence-corrected chi connectivity index (χ0v) is 8.72. The maximum Gasteiger partial charge on any atom is 0.246 e. The van der Waals surface area contributed by atoms with Crippen LogP contribution in [0.4, 0.5) is 0 Å². The van der Waals surface area contributed by atoms with Gasteiger partial charge in [0.05, 0.1) is 0 Å². The molecule has 0 aliphatic rings. The Labute approximate surface area is 80.0 Å². The third kappa shape index (κ3) is 9.30. The summed E-state index contributed by atoms with van der Waals surface area (Å²) < 4.78 is 4.94. The van der Waals surface area contributed by atoms with E-state index in [1.165, 1.54) is 0 Å². The highest BCUT2D eigenvalue weighted by Crippen LogP contribution is 1.75. The quantitative estimate of drug-likeness (QED) is 0.559. The van der Waals surface area contributed by atoms with Gasteiger partial charge in [0, 0.05) is 25.7 Å². The lowest BCUT2D eigenvalue weighted by molar-refractivity contribution is -0.125. The van der Waals surface area contributed by atoms with Crippen LogP contribution in [0.1, 0.15) is 20.8 Å². The molecule has 0 aliphatic heterocycles. The molecule has 0 aromatic rings. The molecule has 0 heterocycles. The number of carbonyl (C=O) groups excluding carboxylic acids is 1. The fraction of sp³-hybridized carbons (Fsp3) is 0.889.